The fraction of sp³-hybridized carbons (Fsp3) is 0.357. The topological polar surface area (TPSA) is 77.2 Å². The van der Waals surface area contributed by atoms with Gasteiger partial charge in [0.2, 0.25) is 5.91 Å². The lowest BCUT2D eigenvalue weighted by molar-refractivity contribution is -0.122. The zero-order valence-corrected chi connectivity index (χ0v) is 12.3. The highest BCUT2D eigenvalue weighted by Crippen LogP contribution is 2.12. The Morgan fingerprint density at radius 3 is 3.00 bits per heavy atom. The van der Waals surface area contributed by atoms with E-state index in [1.807, 2.05) is 18.2 Å². The second kappa shape index (κ2) is 7.75. The van der Waals surface area contributed by atoms with Gasteiger partial charge < -0.3 is 14.6 Å². The summed E-state index contributed by atoms with van der Waals surface area (Å²) in [5, 5.41) is 6.74. The molecule has 0 aromatic carbocycles. The predicted octanol–water partition coefficient (Wildman–Crippen LogP) is 2.16. The number of aryl methyl sites for hydroxylation is 1. The smallest absolute Gasteiger partial charge is 0.221 e. The minimum atomic E-state index is -0.276. The van der Waals surface area contributed by atoms with Crippen molar-refractivity contribution in [2.45, 2.75) is 18.9 Å². The van der Waals surface area contributed by atoms with Gasteiger partial charge in [-0.05, 0) is 12.1 Å². The Bertz CT molecular complexity index is 574. The van der Waals surface area contributed by atoms with E-state index in [1.54, 1.807) is 19.4 Å². The van der Waals surface area contributed by atoms with Gasteiger partial charge in [0.05, 0.1) is 18.3 Å². The molecule has 0 aliphatic carbocycles. The van der Waals surface area contributed by atoms with Crippen molar-refractivity contribution < 1.29 is 14.1 Å². The Labute approximate surface area is 127 Å². The van der Waals surface area contributed by atoms with Gasteiger partial charge in [-0.25, -0.2) is 0 Å². The summed E-state index contributed by atoms with van der Waals surface area (Å²) in [4.78, 5) is 16.2. The fourth-order valence-corrected chi connectivity index (χ4v) is 2.01. The summed E-state index contributed by atoms with van der Waals surface area (Å²) in [6, 6.07) is 6.86. The standard InChI is InChI=1S/C14H16ClN3O3/c1-20-9-12(11-4-2-3-7-16-11)17-14(19)6-5-10-8-13(15)18-21-10/h2-4,7-8,12H,5-6,9H2,1H3,(H,17,19)/t12-/m0/s1. The van der Waals surface area contributed by atoms with Gasteiger partial charge in [-0.15, -0.1) is 0 Å². The van der Waals surface area contributed by atoms with Gasteiger partial charge in [0.15, 0.2) is 5.15 Å². The monoisotopic (exact) mass is 309 g/mol. The molecule has 6 nitrogen and oxygen atoms in total. The minimum absolute atomic E-state index is 0.116. The van der Waals surface area contributed by atoms with Crippen LogP contribution in [0.1, 0.15) is 23.9 Å². The van der Waals surface area contributed by atoms with Gasteiger partial charge in [-0.2, -0.15) is 0 Å². The van der Waals surface area contributed by atoms with Crippen LogP contribution in [-0.2, 0) is 16.0 Å². The number of aromatic nitrogens is 2. The van der Waals surface area contributed by atoms with Crippen LogP contribution in [0.3, 0.4) is 0 Å². The van der Waals surface area contributed by atoms with Gasteiger partial charge in [-0.1, -0.05) is 22.8 Å². The molecule has 2 aromatic rings. The van der Waals surface area contributed by atoms with Gasteiger partial charge in [0.1, 0.15) is 5.76 Å². The average molecular weight is 310 g/mol. The number of carbonyl (C=O) groups excluding carboxylic acids is 1. The molecule has 0 saturated carbocycles. The lowest BCUT2D eigenvalue weighted by Crippen LogP contribution is -2.32. The number of methoxy groups -OCH3 is 1. The number of ether oxygens (including phenoxy) is 1. The highest BCUT2D eigenvalue weighted by Gasteiger charge is 2.16. The maximum absolute atomic E-state index is 12.0. The first kappa shape index (κ1) is 15.5. The van der Waals surface area contributed by atoms with Crippen LogP contribution < -0.4 is 5.32 Å². The molecule has 0 aliphatic rings. The van der Waals surface area contributed by atoms with E-state index in [2.05, 4.69) is 15.5 Å². The van der Waals surface area contributed by atoms with Crippen LogP contribution in [0.25, 0.3) is 0 Å². The quantitative estimate of drug-likeness (QED) is 0.848. The van der Waals surface area contributed by atoms with Crippen LogP contribution in [0.2, 0.25) is 5.15 Å². The third kappa shape index (κ3) is 4.84. The SMILES string of the molecule is COC[C@H](NC(=O)CCc1cc(Cl)no1)c1ccccn1. The van der Waals surface area contributed by atoms with Crippen molar-refractivity contribution >= 4 is 17.5 Å². The summed E-state index contributed by atoms with van der Waals surface area (Å²) in [6.45, 7) is 0.358. The van der Waals surface area contributed by atoms with Crippen LogP contribution in [-0.4, -0.2) is 29.8 Å². The highest BCUT2D eigenvalue weighted by atomic mass is 35.5. The Morgan fingerprint density at radius 1 is 1.52 bits per heavy atom. The van der Waals surface area contributed by atoms with Crippen LogP contribution in [0, 0.1) is 0 Å². The molecular weight excluding hydrogens is 294 g/mol. The molecule has 0 bridgehead atoms. The van der Waals surface area contributed by atoms with Crippen LogP contribution in [0.5, 0.6) is 0 Å². The van der Waals surface area contributed by atoms with E-state index >= 15 is 0 Å². The van der Waals surface area contributed by atoms with Crippen LogP contribution in [0.15, 0.2) is 35.0 Å². The number of amides is 1. The summed E-state index contributed by atoms with van der Waals surface area (Å²) >= 11 is 5.65. The molecule has 2 aromatic heterocycles. The molecule has 2 rings (SSSR count). The number of nitrogens with zero attached hydrogens (tertiary/aromatic N) is 2. The van der Waals surface area contributed by atoms with Crippen LogP contribution >= 0.6 is 11.6 Å². The zero-order valence-electron chi connectivity index (χ0n) is 11.6. The van der Waals surface area contributed by atoms with E-state index in [0.717, 1.165) is 5.69 Å². The van der Waals surface area contributed by atoms with Gasteiger partial charge in [0, 0.05) is 32.2 Å². The molecular formula is C14H16ClN3O3. The fourth-order valence-electron chi connectivity index (χ4n) is 1.86. The normalized spacial score (nSPS) is 12.1. The number of rotatable bonds is 7. The molecule has 7 heteroatoms. The molecule has 0 aliphatic heterocycles. The second-order valence-corrected chi connectivity index (χ2v) is 4.83. The molecule has 112 valence electrons. The first-order valence-corrected chi connectivity index (χ1v) is 6.87. The van der Waals surface area contributed by atoms with E-state index in [9.17, 15) is 4.79 Å². The van der Waals surface area contributed by atoms with E-state index < -0.39 is 0 Å². The van der Waals surface area contributed by atoms with E-state index in [0.29, 0.717) is 18.8 Å². The molecule has 0 saturated heterocycles. The summed E-state index contributed by atoms with van der Waals surface area (Å²) < 4.78 is 10.1. The van der Waals surface area contributed by atoms with E-state index in [4.69, 9.17) is 20.9 Å². The molecule has 0 spiro atoms. The van der Waals surface area contributed by atoms with Crippen molar-refractivity contribution in [2.24, 2.45) is 0 Å². The summed E-state index contributed by atoms with van der Waals surface area (Å²) in [7, 11) is 1.58. The number of nitrogens with one attached hydrogen (secondary N) is 1. The lowest BCUT2D eigenvalue weighted by atomic mass is 10.1. The molecule has 0 fully saturated rings. The minimum Gasteiger partial charge on any atom is -0.382 e. The molecule has 2 heterocycles. The predicted molar refractivity (Wildman–Crippen MR) is 76.8 cm³/mol. The molecule has 1 atom stereocenters. The van der Waals surface area contributed by atoms with E-state index in [-0.39, 0.29) is 23.5 Å². The Morgan fingerprint density at radius 2 is 2.38 bits per heavy atom. The molecule has 1 N–H and O–H groups in total. The van der Waals surface area contributed by atoms with Crippen molar-refractivity contribution in [2.75, 3.05) is 13.7 Å². The van der Waals surface area contributed by atoms with Gasteiger partial charge in [-0.3, -0.25) is 9.78 Å². The van der Waals surface area contributed by atoms with Crippen molar-refractivity contribution in [1.82, 2.24) is 15.5 Å². The number of halogens is 1. The first-order chi connectivity index (χ1) is 10.2. The summed E-state index contributed by atoms with van der Waals surface area (Å²) in [5.74, 6) is 0.464. The van der Waals surface area contributed by atoms with Crippen molar-refractivity contribution in [3.63, 3.8) is 0 Å². The Balaban J connectivity index is 1.89. The first-order valence-electron chi connectivity index (χ1n) is 6.49. The maximum Gasteiger partial charge on any atom is 0.221 e. The molecule has 1 amide bonds. The Kier molecular flexibility index (Phi) is 5.71. The largest absolute Gasteiger partial charge is 0.382 e. The second-order valence-electron chi connectivity index (χ2n) is 4.45. The highest BCUT2D eigenvalue weighted by molar-refractivity contribution is 6.29. The van der Waals surface area contributed by atoms with E-state index in [1.165, 1.54) is 0 Å². The summed E-state index contributed by atoms with van der Waals surface area (Å²) in [5.41, 5.74) is 0.760. The average Bonchev–Trinajstić information content (AvgIpc) is 2.91. The number of pyridine rings is 1. The lowest BCUT2D eigenvalue weighted by Gasteiger charge is -2.17. The number of hydrogen-bond donors (Lipinski definition) is 1. The van der Waals surface area contributed by atoms with Crippen molar-refractivity contribution in [3.8, 4) is 0 Å². The third-order valence-electron chi connectivity index (χ3n) is 2.84. The van der Waals surface area contributed by atoms with Crippen LogP contribution in [0.4, 0.5) is 0 Å². The van der Waals surface area contributed by atoms with Crippen molar-refractivity contribution in [1.29, 1.82) is 0 Å². The van der Waals surface area contributed by atoms with Crippen molar-refractivity contribution in [3.05, 3.63) is 47.1 Å². The third-order valence-corrected chi connectivity index (χ3v) is 3.02. The number of hydrogen-bond acceptors (Lipinski definition) is 5. The molecule has 21 heavy (non-hydrogen) atoms. The Hall–Kier alpha value is -1.92. The van der Waals surface area contributed by atoms with Gasteiger partial charge in [0.25, 0.3) is 0 Å². The van der Waals surface area contributed by atoms with Gasteiger partial charge >= 0.3 is 0 Å². The molecule has 0 unspecified atom stereocenters. The summed E-state index contributed by atoms with van der Waals surface area (Å²) in [6.07, 6.45) is 2.40. The molecule has 0 radical (unpaired) electrons. The maximum atomic E-state index is 12.0. The zero-order chi connectivity index (χ0) is 15.1. The number of carbonyl (C=O) groups is 1.